The van der Waals surface area contributed by atoms with Crippen LogP contribution in [0.15, 0.2) is 17.0 Å². The van der Waals surface area contributed by atoms with Gasteiger partial charge in [-0.05, 0) is 18.6 Å². The monoisotopic (exact) mass is 287 g/mol. The third kappa shape index (κ3) is 2.58. The number of benzene rings is 1. The first-order valence-corrected chi connectivity index (χ1v) is 6.39. The zero-order chi connectivity index (χ0) is 13.3. The molecule has 1 atom stereocenters. The SMILES string of the molecule is COC1CCN(C(=O)c2cc(S)c(O)c(Cl)c2)C1. The molecule has 0 bridgehead atoms. The number of phenolic OH excluding ortho intramolecular Hbond substituents is 1. The summed E-state index contributed by atoms with van der Waals surface area (Å²) in [5.74, 6) is -0.223. The van der Waals surface area contributed by atoms with E-state index in [4.69, 9.17) is 16.3 Å². The lowest BCUT2D eigenvalue weighted by molar-refractivity contribution is 0.0724. The van der Waals surface area contributed by atoms with E-state index in [-0.39, 0.29) is 22.8 Å². The summed E-state index contributed by atoms with van der Waals surface area (Å²) in [6.07, 6.45) is 0.930. The Balaban J connectivity index is 2.19. The van der Waals surface area contributed by atoms with Crippen LogP contribution in [0.4, 0.5) is 0 Å². The Morgan fingerprint density at radius 1 is 1.61 bits per heavy atom. The second-order valence-electron chi connectivity index (χ2n) is 4.22. The van der Waals surface area contributed by atoms with Crippen LogP contribution in [-0.2, 0) is 4.74 Å². The van der Waals surface area contributed by atoms with E-state index in [2.05, 4.69) is 12.6 Å². The van der Waals surface area contributed by atoms with Crippen molar-refractivity contribution in [2.24, 2.45) is 0 Å². The maximum Gasteiger partial charge on any atom is 0.254 e. The number of carbonyl (C=O) groups excluding carboxylic acids is 1. The Hall–Kier alpha value is -0.910. The minimum absolute atomic E-state index is 0.0945. The highest BCUT2D eigenvalue weighted by molar-refractivity contribution is 7.80. The molecule has 1 heterocycles. The highest BCUT2D eigenvalue weighted by Gasteiger charge is 2.27. The molecule has 2 rings (SSSR count). The maximum absolute atomic E-state index is 12.2. The summed E-state index contributed by atoms with van der Waals surface area (Å²) in [7, 11) is 1.64. The average molecular weight is 288 g/mol. The van der Waals surface area contributed by atoms with Crippen LogP contribution in [0.5, 0.6) is 5.75 Å². The van der Waals surface area contributed by atoms with Crippen molar-refractivity contribution in [2.45, 2.75) is 17.4 Å². The van der Waals surface area contributed by atoms with Gasteiger partial charge in [-0.2, -0.15) is 0 Å². The molecular formula is C12H14ClNO3S. The average Bonchev–Trinajstić information content (AvgIpc) is 2.83. The molecule has 0 radical (unpaired) electrons. The van der Waals surface area contributed by atoms with Crippen LogP contribution < -0.4 is 0 Å². The van der Waals surface area contributed by atoms with Crippen molar-refractivity contribution in [3.63, 3.8) is 0 Å². The molecule has 1 aliphatic rings. The molecule has 1 aromatic rings. The molecular weight excluding hydrogens is 274 g/mol. The van der Waals surface area contributed by atoms with Gasteiger partial charge in [-0.15, -0.1) is 12.6 Å². The van der Waals surface area contributed by atoms with Gasteiger partial charge in [0.2, 0.25) is 0 Å². The minimum atomic E-state index is -0.119. The van der Waals surface area contributed by atoms with E-state index >= 15 is 0 Å². The lowest BCUT2D eigenvalue weighted by atomic mass is 10.2. The standard InChI is InChI=1S/C12H14ClNO3S/c1-17-8-2-3-14(6-8)12(16)7-4-9(13)11(15)10(18)5-7/h4-5,8,15,18H,2-3,6H2,1H3. The number of nitrogens with zero attached hydrogens (tertiary/aromatic N) is 1. The van der Waals surface area contributed by atoms with E-state index < -0.39 is 0 Å². The van der Waals surface area contributed by atoms with Gasteiger partial charge in [0.25, 0.3) is 5.91 Å². The summed E-state index contributed by atoms with van der Waals surface area (Å²) >= 11 is 9.91. The van der Waals surface area contributed by atoms with Crippen LogP contribution in [0.25, 0.3) is 0 Å². The number of amides is 1. The number of carbonyl (C=O) groups is 1. The molecule has 1 unspecified atom stereocenters. The fourth-order valence-corrected chi connectivity index (χ4v) is 2.54. The lowest BCUT2D eigenvalue weighted by Gasteiger charge is -2.17. The minimum Gasteiger partial charge on any atom is -0.505 e. The highest BCUT2D eigenvalue weighted by Crippen LogP contribution is 2.32. The molecule has 0 aliphatic carbocycles. The summed E-state index contributed by atoms with van der Waals surface area (Å²) in [6.45, 7) is 1.24. The Bertz CT molecular complexity index is 457. The van der Waals surface area contributed by atoms with Crippen molar-refractivity contribution in [3.8, 4) is 5.75 Å². The number of methoxy groups -OCH3 is 1. The van der Waals surface area contributed by atoms with Crippen LogP contribution in [0, 0.1) is 0 Å². The maximum atomic E-state index is 12.2. The van der Waals surface area contributed by atoms with Gasteiger partial charge in [-0.3, -0.25) is 4.79 Å². The van der Waals surface area contributed by atoms with E-state index in [1.54, 1.807) is 12.0 Å². The molecule has 1 aromatic carbocycles. The van der Waals surface area contributed by atoms with Crippen molar-refractivity contribution in [3.05, 3.63) is 22.7 Å². The number of hydrogen-bond acceptors (Lipinski definition) is 4. The van der Waals surface area contributed by atoms with Crippen LogP contribution in [0.2, 0.25) is 5.02 Å². The number of phenols is 1. The molecule has 6 heteroatoms. The third-order valence-electron chi connectivity index (χ3n) is 3.06. The normalized spacial score (nSPS) is 19.3. The highest BCUT2D eigenvalue weighted by atomic mass is 35.5. The number of likely N-dealkylation sites (tertiary alicyclic amines) is 1. The summed E-state index contributed by atoms with van der Waals surface area (Å²) in [6, 6.07) is 2.98. The second kappa shape index (κ2) is 5.38. The molecule has 1 saturated heterocycles. The summed E-state index contributed by atoms with van der Waals surface area (Å²) in [4.78, 5) is 14.2. The van der Waals surface area contributed by atoms with E-state index in [0.717, 1.165) is 6.42 Å². The number of rotatable bonds is 2. The molecule has 1 aliphatic heterocycles. The molecule has 0 spiro atoms. The molecule has 1 N–H and O–H groups in total. The number of aromatic hydroxyl groups is 1. The van der Waals surface area contributed by atoms with Gasteiger partial charge in [0.1, 0.15) is 5.75 Å². The fraction of sp³-hybridized carbons (Fsp3) is 0.417. The fourth-order valence-electron chi connectivity index (χ4n) is 2.00. The lowest BCUT2D eigenvalue weighted by Crippen LogP contribution is -2.29. The van der Waals surface area contributed by atoms with Gasteiger partial charge in [0, 0.05) is 30.7 Å². The van der Waals surface area contributed by atoms with E-state index in [1.165, 1.54) is 12.1 Å². The van der Waals surface area contributed by atoms with Crippen LogP contribution in [0.3, 0.4) is 0 Å². The van der Waals surface area contributed by atoms with Crippen molar-refractivity contribution in [1.82, 2.24) is 4.90 Å². The van der Waals surface area contributed by atoms with Gasteiger partial charge < -0.3 is 14.7 Å². The van der Waals surface area contributed by atoms with Gasteiger partial charge in [-0.1, -0.05) is 11.6 Å². The predicted molar refractivity (Wildman–Crippen MR) is 71.7 cm³/mol. The molecule has 1 amide bonds. The number of halogens is 1. The van der Waals surface area contributed by atoms with Gasteiger partial charge in [0.15, 0.2) is 0 Å². The Kier molecular flexibility index (Phi) is 4.04. The molecule has 98 valence electrons. The number of ether oxygens (including phenoxy) is 1. The Morgan fingerprint density at radius 3 is 2.89 bits per heavy atom. The molecule has 4 nitrogen and oxygen atoms in total. The van der Waals surface area contributed by atoms with E-state index in [1.807, 2.05) is 0 Å². The quantitative estimate of drug-likeness (QED) is 0.820. The zero-order valence-electron chi connectivity index (χ0n) is 9.89. The first-order chi connectivity index (χ1) is 8.52. The van der Waals surface area contributed by atoms with Crippen molar-refractivity contribution in [2.75, 3.05) is 20.2 Å². The summed E-state index contributed by atoms with van der Waals surface area (Å²) in [5.41, 5.74) is 0.430. The van der Waals surface area contributed by atoms with E-state index in [0.29, 0.717) is 23.5 Å². The van der Waals surface area contributed by atoms with Gasteiger partial charge in [-0.25, -0.2) is 0 Å². The number of hydrogen-bond donors (Lipinski definition) is 2. The zero-order valence-corrected chi connectivity index (χ0v) is 11.5. The Labute approximate surface area is 116 Å². The summed E-state index contributed by atoms with van der Waals surface area (Å²) < 4.78 is 5.22. The first kappa shape index (κ1) is 13.5. The predicted octanol–water partition coefficient (Wildman–Crippen LogP) is 2.20. The van der Waals surface area contributed by atoms with Crippen LogP contribution in [-0.4, -0.2) is 42.2 Å². The van der Waals surface area contributed by atoms with Crippen molar-refractivity contribution in [1.29, 1.82) is 0 Å². The molecule has 18 heavy (non-hydrogen) atoms. The second-order valence-corrected chi connectivity index (χ2v) is 5.11. The van der Waals surface area contributed by atoms with Gasteiger partial charge in [0.05, 0.1) is 11.1 Å². The van der Waals surface area contributed by atoms with Gasteiger partial charge >= 0.3 is 0 Å². The largest absolute Gasteiger partial charge is 0.505 e. The Morgan fingerprint density at radius 2 is 2.33 bits per heavy atom. The third-order valence-corrected chi connectivity index (χ3v) is 3.68. The van der Waals surface area contributed by atoms with Crippen LogP contribution in [0.1, 0.15) is 16.8 Å². The topological polar surface area (TPSA) is 49.8 Å². The smallest absolute Gasteiger partial charge is 0.254 e. The van der Waals surface area contributed by atoms with E-state index in [9.17, 15) is 9.90 Å². The van der Waals surface area contributed by atoms with Crippen molar-refractivity contribution >= 4 is 30.1 Å². The van der Waals surface area contributed by atoms with Crippen molar-refractivity contribution < 1.29 is 14.6 Å². The molecule has 1 fully saturated rings. The number of thiol groups is 1. The van der Waals surface area contributed by atoms with Crippen LogP contribution >= 0.6 is 24.2 Å². The first-order valence-electron chi connectivity index (χ1n) is 5.56. The molecule has 0 saturated carbocycles. The summed E-state index contributed by atoms with van der Waals surface area (Å²) in [5, 5.41) is 9.64. The molecule has 0 aromatic heterocycles.